The summed E-state index contributed by atoms with van der Waals surface area (Å²) in [7, 11) is -18.3. The molecule has 4 heterocycles. The van der Waals surface area contributed by atoms with Gasteiger partial charge in [-0.05, 0) is 112 Å². The van der Waals surface area contributed by atoms with Crippen LogP contribution in [-0.4, -0.2) is 116 Å². The van der Waals surface area contributed by atoms with E-state index < -0.39 is 88.3 Å². The predicted molar refractivity (Wildman–Crippen MR) is 438 cm³/mol. The maximum atomic E-state index is 12.9. The van der Waals surface area contributed by atoms with Crippen LogP contribution in [0.2, 0.25) is 0 Å². The molecule has 2 atom stereocenters. The summed E-state index contributed by atoms with van der Waals surface area (Å²) < 4.78 is 238. The van der Waals surface area contributed by atoms with Crippen LogP contribution in [-0.2, 0) is 52.4 Å². The SMILES string of the molecule is CC(C)(C)C(=O)OC(C(F)(F)F)C(F)(F)S(=O)(=O)[O-].CC(C)(C)C(=O)OC(C(F)(F)F)C(F)(F)S(=O)(=O)[O-].CCCCn1/c(=C/C=C/C=C/C=C/C2=[N+](CCCC)c3cccc4cccc2c34)c2cccc3cccc1c32.CCCCn1/c(=C/C=C/C=C/C=C/C2=[N+](CCCC)c3cccc4cccc2c34)c2cccc3cccc1c32.[Na+].[O-][Cl+3]([O-])([O-])[O-]. The normalized spacial score (nSPS) is 14.6. The fourth-order valence-corrected chi connectivity index (χ4v) is 14.4. The van der Waals surface area contributed by atoms with Crippen molar-refractivity contribution in [3.05, 3.63) is 240 Å². The molecule has 0 saturated carbocycles. The maximum Gasteiger partial charge on any atom is 1.00 e. The summed E-state index contributed by atoms with van der Waals surface area (Å²) in [6.45, 7) is 19.6. The van der Waals surface area contributed by atoms with Crippen molar-refractivity contribution in [3.8, 4) is 0 Å². The zero-order chi connectivity index (χ0) is 89.4. The molecule has 0 aliphatic carbocycles. The summed E-state index contributed by atoms with van der Waals surface area (Å²) in [5.41, 5.74) is 7.46. The molecule has 32 heteroatoms. The van der Waals surface area contributed by atoms with E-state index in [1.807, 2.05) is 0 Å². The molecule has 12 rings (SSSR count). The molecule has 10 aromatic rings. The van der Waals surface area contributed by atoms with E-state index in [1.165, 1.54) is 161 Å². The molecule has 648 valence electrons. The number of alkyl halides is 10. The Hall–Kier alpha value is -9.15. The third-order valence-electron chi connectivity index (χ3n) is 19.4. The first kappa shape index (κ1) is 99.9. The number of benzene rings is 8. The van der Waals surface area contributed by atoms with Gasteiger partial charge in [0.2, 0.25) is 22.8 Å². The number of aryl methyl sites for hydroxylation is 2. The number of carbonyl (C=O) groups excluding carboxylic acids is 2. The van der Waals surface area contributed by atoms with Gasteiger partial charge in [0.05, 0.1) is 32.7 Å². The van der Waals surface area contributed by atoms with E-state index in [9.17, 15) is 79.4 Å². The summed E-state index contributed by atoms with van der Waals surface area (Å²) >= 11 is 0. The molecule has 2 aromatic heterocycles. The molecule has 0 spiro atoms. The summed E-state index contributed by atoms with van der Waals surface area (Å²) in [6, 6.07) is 53.3. The second-order valence-corrected chi connectivity index (χ2v) is 34.1. The van der Waals surface area contributed by atoms with Crippen molar-refractivity contribution in [1.82, 2.24) is 9.13 Å². The Bertz CT molecular complexity index is 5630. The second-order valence-electron chi connectivity index (χ2n) is 30.4. The van der Waals surface area contributed by atoms with Crippen molar-refractivity contribution in [2.75, 3.05) is 13.1 Å². The molecular formula is C90H94ClF10N4NaO14S2. The number of allylic oxidation sites excluding steroid dienone is 12. The third kappa shape index (κ3) is 24.7. The molecular weight excluding hydrogens is 1670 g/mol. The van der Waals surface area contributed by atoms with Crippen LogP contribution in [0.3, 0.4) is 0 Å². The van der Waals surface area contributed by atoms with Gasteiger partial charge >= 0.3 is 64.4 Å². The van der Waals surface area contributed by atoms with Crippen LogP contribution in [0, 0.1) is 21.1 Å². The van der Waals surface area contributed by atoms with Crippen LogP contribution in [0.4, 0.5) is 55.3 Å². The van der Waals surface area contributed by atoms with Gasteiger partial charge < -0.3 is 27.7 Å². The summed E-state index contributed by atoms with van der Waals surface area (Å²) in [5, 5.41) is 4.45. The van der Waals surface area contributed by atoms with E-state index in [1.54, 1.807) is 0 Å². The molecule has 0 N–H and O–H groups in total. The molecule has 0 bridgehead atoms. The number of esters is 2. The Labute approximate surface area is 725 Å². The first-order chi connectivity index (χ1) is 56.6. The summed E-state index contributed by atoms with van der Waals surface area (Å²) in [4.78, 5) is 22.3. The number of ether oxygens (including phenoxy) is 2. The number of aromatic nitrogens is 2. The minimum Gasteiger partial charge on any atom is -0.743 e. The Balaban J connectivity index is 0.000000231. The Morgan fingerprint density at radius 1 is 0.418 bits per heavy atom. The molecule has 18 nitrogen and oxygen atoms in total. The van der Waals surface area contributed by atoms with Gasteiger partial charge in [0.15, 0.2) is 20.2 Å². The van der Waals surface area contributed by atoms with Crippen molar-refractivity contribution in [2.24, 2.45) is 10.8 Å². The first-order valence-electron chi connectivity index (χ1n) is 38.8. The molecule has 0 saturated heterocycles. The van der Waals surface area contributed by atoms with Gasteiger partial charge in [-0.3, -0.25) is 9.59 Å². The van der Waals surface area contributed by atoms with E-state index in [2.05, 4.69) is 286 Å². The van der Waals surface area contributed by atoms with Crippen molar-refractivity contribution < 1.29 is 156 Å². The number of halogens is 11. The van der Waals surface area contributed by atoms with Gasteiger partial charge in [0.1, 0.15) is 13.1 Å². The minimum absolute atomic E-state index is 0. The molecule has 2 aliphatic rings. The average molecular weight is 1770 g/mol. The molecule has 0 radical (unpaired) electrons. The minimum atomic E-state index is -6.66. The second kappa shape index (κ2) is 42.0. The molecule has 2 unspecified atom stereocenters. The Morgan fingerprint density at radius 3 is 0.992 bits per heavy atom. The number of unbranched alkanes of at least 4 members (excludes halogenated alkanes) is 4. The monoisotopic (exact) mass is 1770 g/mol. The van der Waals surface area contributed by atoms with Crippen LogP contribution in [0.1, 0.15) is 132 Å². The third-order valence-corrected chi connectivity index (χ3v) is 21.1. The van der Waals surface area contributed by atoms with E-state index in [4.69, 9.17) is 18.6 Å². The molecule has 8 aromatic carbocycles. The predicted octanol–water partition coefficient (Wildman–Crippen LogP) is 13.3. The van der Waals surface area contributed by atoms with Gasteiger partial charge in [-0.15, -0.1) is 10.2 Å². The van der Waals surface area contributed by atoms with E-state index >= 15 is 0 Å². The smallest absolute Gasteiger partial charge is 0.743 e. The zero-order valence-corrected chi connectivity index (χ0v) is 73.4. The fraction of sp³-hybridized carbons (Fsp3) is 0.333. The van der Waals surface area contributed by atoms with Gasteiger partial charge in [0.25, 0.3) is 12.2 Å². The molecule has 0 amide bonds. The topological polar surface area (TPSA) is 275 Å². The van der Waals surface area contributed by atoms with Gasteiger partial charge in [0, 0.05) is 93.5 Å². The van der Waals surface area contributed by atoms with Gasteiger partial charge in [-0.2, -0.15) is 53.1 Å². The van der Waals surface area contributed by atoms with Crippen molar-refractivity contribution in [1.29, 1.82) is 0 Å². The quantitative estimate of drug-likeness (QED) is 0.0122. The Kier molecular flexibility index (Phi) is 34.4. The number of hydrogen-bond donors (Lipinski definition) is 0. The zero-order valence-electron chi connectivity index (χ0n) is 69.1. The molecule has 122 heavy (non-hydrogen) atoms. The van der Waals surface area contributed by atoms with E-state index in [0.717, 1.165) is 67.7 Å². The van der Waals surface area contributed by atoms with Crippen molar-refractivity contribution in [2.45, 2.75) is 169 Å². The summed E-state index contributed by atoms with van der Waals surface area (Å²) in [6.07, 6.45) is 19.6. The number of rotatable bonds is 26. The first-order valence-corrected chi connectivity index (χ1v) is 42.9. The molecule has 2 aliphatic heterocycles. The largest absolute Gasteiger partial charge is 1.00 e. The van der Waals surface area contributed by atoms with Gasteiger partial charge in [-0.1, -0.05) is 223 Å². The van der Waals surface area contributed by atoms with Crippen LogP contribution in [0.25, 0.3) is 77.0 Å². The van der Waals surface area contributed by atoms with Gasteiger partial charge in [-0.25, -0.2) is 35.5 Å². The van der Waals surface area contributed by atoms with Crippen molar-refractivity contribution in [3.63, 3.8) is 0 Å². The van der Waals surface area contributed by atoms with Crippen molar-refractivity contribution >= 4 is 132 Å². The van der Waals surface area contributed by atoms with E-state index in [-0.39, 0.29) is 29.6 Å². The number of carbonyl (C=O) groups is 2. The van der Waals surface area contributed by atoms with Crippen LogP contribution >= 0.6 is 0 Å². The van der Waals surface area contributed by atoms with Crippen LogP contribution in [0.15, 0.2) is 219 Å². The fourth-order valence-electron chi connectivity index (χ4n) is 13.5. The Morgan fingerprint density at radius 2 is 0.697 bits per heavy atom. The molecule has 0 fully saturated rings. The van der Waals surface area contributed by atoms with E-state index in [0.29, 0.717) is 0 Å². The number of hydrogen-bond acceptors (Lipinski definition) is 14. The van der Waals surface area contributed by atoms with Crippen LogP contribution in [0.5, 0.6) is 0 Å². The standard InChI is InChI=1S/2C37H37N2.2C8H11F5O5S.ClHO4.Na/c2*1-3-5-26-38-32(30-20-12-16-28-18-14-24-34(38)36(28)30)22-10-8-7-9-11-23-33-31-21-13-17-29-19-15-25-35(37(29)31)39(33)27-6-4-2;2*1-6(2,3)5(14)18-4(7(9,10)11)8(12,13)19(15,16)17;2-1(3,4)5;/h2*7-25H,3-6,26-27H2,1-2H3;2*4H,1-3H3,(H,15,16,17);(H,2,3,4,5);/q2*+1;;;;+1/p-3. The maximum absolute atomic E-state index is 12.9. The number of nitrogens with zero attached hydrogens (tertiary/aromatic N) is 4. The average Bonchev–Trinajstić information content (AvgIpc) is 1.56. The van der Waals surface area contributed by atoms with Crippen LogP contribution < -0.4 is 58.9 Å². The summed E-state index contributed by atoms with van der Waals surface area (Å²) in [5.74, 6) is -3.45.